The maximum absolute atomic E-state index is 13.1. The Morgan fingerprint density at radius 1 is 1.41 bits per heavy atom. The average Bonchev–Trinajstić information content (AvgIpc) is 2.96. The number of anilines is 1. The van der Waals surface area contributed by atoms with Gasteiger partial charge in [-0.15, -0.1) is 11.3 Å². The molecule has 6 heteroatoms. The number of amides is 1. The van der Waals surface area contributed by atoms with Crippen molar-refractivity contribution in [2.24, 2.45) is 5.92 Å². The third kappa shape index (κ3) is 4.67. The van der Waals surface area contributed by atoms with Crippen LogP contribution in [0.1, 0.15) is 68.5 Å². The summed E-state index contributed by atoms with van der Waals surface area (Å²) >= 11 is 1.43. The van der Waals surface area contributed by atoms with E-state index in [4.69, 9.17) is 5.41 Å². The van der Waals surface area contributed by atoms with Gasteiger partial charge in [-0.25, -0.2) is 4.98 Å². The van der Waals surface area contributed by atoms with Gasteiger partial charge in [0, 0.05) is 29.9 Å². The predicted molar refractivity (Wildman–Crippen MR) is 114 cm³/mol. The lowest BCUT2D eigenvalue weighted by molar-refractivity contribution is 0.0803. The summed E-state index contributed by atoms with van der Waals surface area (Å²) in [5.41, 5.74) is 1.03. The zero-order valence-electron chi connectivity index (χ0n) is 16.3. The molecule has 0 aromatic carbocycles. The first kappa shape index (κ1) is 19.8. The van der Waals surface area contributed by atoms with Crippen LogP contribution in [0.5, 0.6) is 0 Å². The predicted octanol–water partition coefficient (Wildman–Crippen LogP) is 5.53. The van der Waals surface area contributed by atoms with Crippen LogP contribution >= 0.6 is 11.3 Å². The van der Waals surface area contributed by atoms with Gasteiger partial charge in [0.15, 0.2) is 0 Å². The summed E-state index contributed by atoms with van der Waals surface area (Å²) in [6.07, 6.45) is 10.9. The summed E-state index contributed by atoms with van der Waals surface area (Å²) in [5, 5.41) is 12.3. The lowest BCUT2D eigenvalue weighted by Gasteiger charge is -2.26. The first-order chi connectivity index (χ1) is 13.1. The molecule has 2 aromatic heterocycles. The van der Waals surface area contributed by atoms with E-state index in [-0.39, 0.29) is 11.9 Å². The first-order valence-corrected chi connectivity index (χ1v) is 10.9. The topological polar surface area (TPSA) is 69.1 Å². The van der Waals surface area contributed by atoms with Gasteiger partial charge in [-0.05, 0) is 30.9 Å². The van der Waals surface area contributed by atoms with Crippen molar-refractivity contribution in [2.45, 2.75) is 64.8 Å². The van der Waals surface area contributed by atoms with Gasteiger partial charge in [-0.3, -0.25) is 15.1 Å². The number of hydrogen-bond donors (Lipinski definition) is 2. The minimum absolute atomic E-state index is 0.0622. The molecule has 1 atom stereocenters. The maximum Gasteiger partial charge on any atom is 0.269 e. The highest BCUT2D eigenvalue weighted by Crippen LogP contribution is 2.31. The van der Waals surface area contributed by atoms with Crippen molar-refractivity contribution in [3.63, 3.8) is 0 Å². The number of fused-ring (bicyclic) bond motifs is 1. The van der Waals surface area contributed by atoms with Gasteiger partial charge >= 0.3 is 0 Å². The molecule has 0 radical (unpaired) electrons. The van der Waals surface area contributed by atoms with E-state index in [1.54, 1.807) is 11.1 Å². The molecule has 0 saturated heterocycles. The Balaban J connectivity index is 1.82. The van der Waals surface area contributed by atoms with Gasteiger partial charge in [-0.1, -0.05) is 46.0 Å². The van der Waals surface area contributed by atoms with E-state index in [9.17, 15) is 4.79 Å². The highest BCUT2D eigenvalue weighted by atomic mass is 32.1. The molecule has 0 spiro atoms. The van der Waals surface area contributed by atoms with Crippen LogP contribution < -0.4 is 5.32 Å². The second-order valence-electron chi connectivity index (χ2n) is 7.57. The van der Waals surface area contributed by atoms with Crippen LogP contribution in [-0.4, -0.2) is 34.7 Å². The maximum atomic E-state index is 13.1. The van der Waals surface area contributed by atoms with Crippen molar-refractivity contribution in [2.75, 3.05) is 11.9 Å². The number of thiophene rings is 1. The van der Waals surface area contributed by atoms with Crippen molar-refractivity contribution < 1.29 is 4.79 Å². The molecule has 2 N–H and O–H groups in total. The van der Waals surface area contributed by atoms with Crippen LogP contribution in [0.2, 0.25) is 0 Å². The van der Waals surface area contributed by atoms with Crippen molar-refractivity contribution in [3.05, 3.63) is 23.2 Å². The molecule has 146 valence electrons. The molecule has 1 amide bonds. The number of carbonyl (C=O) groups is 1. The Morgan fingerprint density at radius 2 is 2.15 bits per heavy atom. The molecule has 3 rings (SSSR count). The summed E-state index contributed by atoms with van der Waals surface area (Å²) in [5.74, 6) is 0.532. The van der Waals surface area contributed by atoms with Crippen LogP contribution in [0.15, 0.2) is 18.3 Å². The Kier molecular flexibility index (Phi) is 6.83. The lowest BCUT2D eigenvalue weighted by atomic mass is 10.1. The number of hydrogen-bond acceptors (Lipinski definition) is 5. The molecule has 2 aromatic rings. The van der Waals surface area contributed by atoms with Crippen LogP contribution in [0.3, 0.4) is 0 Å². The minimum Gasteiger partial charge on any atom is -0.384 e. The first-order valence-electron chi connectivity index (χ1n) is 10.1. The third-order valence-corrected chi connectivity index (χ3v) is 6.61. The summed E-state index contributed by atoms with van der Waals surface area (Å²) in [4.78, 5) is 20.8. The van der Waals surface area contributed by atoms with Gasteiger partial charge in [-0.2, -0.15) is 0 Å². The number of pyridine rings is 1. The standard InChI is InChI=1S/C21H30N4OS/c1-3-15(2)13-24-18-10-11-23-20-17(18)12-19(27-20)21(26)25(14-22)16-8-6-4-5-7-9-16/h10-12,14-16,22H,3-9,13H2,1-2H3,(H,23,24). The number of carbonyl (C=O) groups excluding carboxylic acids is 1. The monoisotopic (exact) mass is 386 g/mol. The van der Waals surface area contributed by atoms with E-state index in [1.165, 1.54) is 30.5 Å². The van der Waals surface area contributed by atoms with Gasteiger partial charge in [0.25, 0.3) is 5.91 Å². The van der Waals surface area contributed by atoms with E-state index in [2.05, 4.69) is 24.1 Å². The third-order valence-electron chi connectivity index (χ3n) is 5.58. The molecule has 0 aliphatic heterocycles. The minimum atomic E-state index is -0.0622. The Hall–Kier alpha value is -1.95. The highest BCUT2D eigenvalue weighted by Gasteiger charge is 2.26. The van der Waals surface area contributed by atoms with Gasteiger partial charge in [0.05, 0.1) is 11.2 Å². The summed E-state index contributed by atoms with van der Waals surface area (Å²) in [7, 11) is 0. The molecular formula is C21H30N4OS. The zero-order chi connectivity index (χ0) is 19.2. The largest absolute Gasteiger partial charge is 0.384 e. The number of nitrogens with one attached hydrogen (secondary N) is 2. The molecule has 1 unspecified atom stereocenters. The van der Waals surface area contributed by atoms with Crippen molar-refractivity contribution in [3.8, 4) is 0 Å². The smallest absolute Gasteiger partial charge is 0.269 e. The lowest BCUT2D eigenvalue weighted by Crippen LogP contribution is -2.38. The van der Waals surface area contributed by atoms with E-state index < -0.39 is 0 Å². The van der Waals surface area contributed by atoms with Crippen LogP contribution in [-0.2, 0) is 0 Å². The van der Waals surface area contributed by atoms with E-state index in [0.717, 1.165) is 54.6 Å². The van der Waals surface area contributed by atoms with Gasteiger partial charge in [0.1, 0.15) is 4.83 Å². The van der Waals surface area contributed by atoms with Crippen LogP contribution in [0, 0.1) is 11.3 Å². The second kappa shape index (κ2) is 9.31. The molecule has 2 heterocycles. The SMILES string of the molecule is CCC(C)CNc1ccnc2sc(C(=O)N(C=N)C3CCCCCC3)cc12. The molecule has 5 nitrogen and oxygen atoms in total. The molecule has 0 bridgehead atoms. The number of rotatable bonds is 7. The molecule has 1 fully saturated rings. The normalized spacial score (nSPS) is 16.7. The molecule has 1 aliphatic carbocycles. The summed E-state index contributed by atoms with van der Waals surface area (Å²) < 4.78 is 0. The van der Waals surface area contributed by atoms with E-state index in [1.807, 2.05) is 12.1 Å². The van der Waals surface area contributed by atoms with Crippen molar-refractivity contribution in [1.29, 1.82) is 5.41 Å². The van der Waals surface area contributed by atoms with E-state index >= 15 is 0 Å². The molecule has 1 saturated carbocycles. The Bertz CT molecular complexity index is 780. The average molecular weight is 387 g/mol. The quantitative estimate of drug-likeness (QED) is 0.374. The highest BCUT2D eigenvalue weighted by molar-refractivity contribution is 7.20. The number of nitrogens with zero attached hydrogens (tertiary/aromatic N) is 2. The van der Waals surface area contributed by atoms with Crippen molar-refractivity contribution in [1.82, 2.24) is 9.88 Å². The van der Waals surface area contributed by atoms with Gasteiger partial charge < -0.3 is 5.32 Å². The summed E-state index contributed by atoms with van der Waals surface area (Å²) in [6.45, 7) is 5.32. The number of aromatic nitrogens is 1. The molecular weight excluding hydrogens is 356 g/mol. The van der Waals surface area contributed by atoms with Crippen LogP contribution in [0.4, 0.5) is 5.69 Å². The summed E-state index contributed by atoms with van der Waals surface area (Å²) in [6, 6.07) is 4.08. The van der Waals surface area contributed by atoms with Crippen molar-refractivity contribution >= 4 is 39.5 Å². The molecule has 1 aliphatic rings. The zero-order valence-corrected chi connectivity index (χ0v) is 17.1. The van der Waals surface area contributed by atoms with E-state index in [0.29, 0.717) is 10.8 Å². The second-order valence-corrected chi connectivity index (χ2v) is 8.60. The Morgan fingerprint density at radius 3 is 2.81 bits per heavy atom. The fraction of sp³-hybridized carbons (Fsp3) is 0.571. The fourth-order valence-corrected chi connectivity index (χ4v) is 4.59. The Labute approximate surface area is 165 Å². The molecule has 27 heavy (non-hydrogen) atoms. The van der Waals surface area contributed by atoms with Gasteiger partial charge in [0.2, 0.25) is 0 Å². The van der Waals surface area contributed by atoms with Crippen LogP contribution in [0.25, 0.3) is 10.2 Å². The fourth-order valence-electron chi connectivity index (χ4n) is 3.62.